The van der Waals surface area contributed by atoms with Crippen LogP contribution in [-0.2, 0) is 35.5 Å². The van der Waals surface area contributed by atoms with Gasteiger partial charge in [-0.3, -0.25) is 4.98 Å². The summed E-state index contributed by atoms with van der Waals surface area (Å²) in [7, 11) is -3.44. The van der Waals surface area contributed by atoms with Crippen LogP contribution >= 0.6 is 0 Å². The van der Waals surface area contributed by atoms with Gasteiger partial charge < -0.3 is 4.74 Å². The van der Waals surface area contributed by atoms with Gasteiger partial charge in [-0.05, 0) is 24.6 Å². The molecule has 146 valence electrons. The van der Waals surface area contributed by atoms with Gasteiger partial charge in [0.1, 0.15) is 18.1 Å². The average Bonchev–Trinajstić information content (AvgIpc) is 3.11. The summed E-state index contributed by atoms with van der Waals surface area (Å²) in [6.45, 7) is 3.29. The first-order chi connectivity index (χ1) is 13.5. The molecule has 1 aromatic carbocycles. The van der Waals surface area contributed by atoms with Gasteiger partial charge in [-0.1, -0.05) is 35.0 Å². The van der Waals surface area contributed by atoms with E-state index in [4.69, 9.17) is 4.74 Å². The van der Waals surface area contributed by atoms with Crippen molar-refractivity contribution >= 4 is 10.0 Å². The Hall–Kier alpha value is -2.78. The summed E-state index contributed by atoms with van der Waals surface area (Å²) >= 11 is 0. The summed E-state index contributed by atoms with van der Waals surface area (Å²) < 4.78 is 34.7. The second-order valence-corrected chi connectivity index (χ2v) is 8.73. The second-order valence-electron chi connectivity index (χ2n) is 6.76. The summed E-state index contributed by atoms with van der Waals surface area (Å²) in [6, 6.07) is 11.2. The van der Waals surface area contributed by atoms with Crippen molar-refractivity contribution in [2.45, 2.75) is 32.4 Å². The second kappa shape index (κ2) is 7.69. The van der Waals surface area contributed by atoms with Crippen LogP contribution in [0.5, 0.6) is 5.75 Å². The number of aryl methyl sites for hydroxylation is 1. The van der Waals surface area contributed by atoms with E-state index >= 15 is 0 Å². The molecule has 0 atom stereocenters. The van der Waals surface area contributed by atoms with E-state index in [1.165, 1.54) is 4.31 Å². The quantitative estimate of drug-likeness (QED) is 0.629. The molecule has 0 saturated carbocycles. The molecular formula is C19H21N5O3S. The van der Waals surface area contributed by atoms with Crippen molar-refractivity contribution in [2.75, 3.05) is 6.54 Å². The van der Waals surface area contributed by atoms with Crippen LogP contribution in [-0.4, -0.2) is 39.2 Å². The first kappa shape index (κ1) is 18.6. The van der Waals surface area contributed by atoms with E-state index in [2.05, 4.69) is 15.3 Å². The molecule has 0 amide bonds. The van der Waals surface area contributed by atoms with Gasteiger partial charge in [0, 0.05) is 12.7 Å². The van der Waals surface area contributed by atoms with Crippen LogP contribution in [0.1, 0.15) is 22.5 Å². The SMILES string of the molecule is Cc1ccc(CS(=O)(=O)N2CCn3nnc(COc4cccnc4)c3C2)cc1. The number of nitrogens with zero attached hydrogens (tertiary/aromatic N) is 5. The Morgan fingerprint density at radius 3 is 2.71 bits per heavy atom. The van der Waals surface area contributed by atoms with Gasteiger partial charge in [-0.25, -0.2) is 13.1 Å². The molecule has 1 aliphatic rings. The van der Waals surface area contributed by atoms with Gasteiger partial charge in [0.15, 0.2) is 0 Å². The van der Waals surface area contributed by atoms with Crippen molar-refractivity contribution in [3.8, 4) is 5.75 Å². The Kier molecular flexibility index (Phi) is 5.10. The highest BCUT2D eigenvalue weighted by Crippen LogP contribution is 2.21. The molecular weight excluding hydrogens is 378 g/mol. The fourth-order valence-electron chi connectivity index (χ4n) is 3.09. The Morgan fingerprint density at radius 1 is 1.14 bits per heavy atom. The highest BCUT2D eigenvalue weighted by molar-refractivity contribution is 7.88. The maximum atomic E-state index is 12.9. The molecule has 3 heterocycles. The number of hydrogen-bond acceptors (Lipinski definition) is 6. The van der Waals surface area contributed by atoms with Crippen molar-refractivity contribution in [1.29, 1.82) is 0 Å². The third-order valence-electron chi connectivity index (χ3n) is 4.68. The number of rotatable bonds is 6. The predicted molar refractivity (Wildman–Crippen MR) is 103 cm³/mol. The van der Waals surface area contributed by atoms with Gasteiger partial charge in [0.05, 0.1) is 30.7 Å². The van der Waals surface area contributed by atoms with Crippen molar-refractivity contribution in [3.05, 3.63) is 71.3 Å². The molecule has 0 spiro atoms. The number of pyridine rings is 1. The van der Waals surface area contributed by atoms with E-state index in [-0.39, 0.29) is 18.9 Å². The summed E-state index contributed by atoms with van der Waals surface area (Å²) in [5, 5.41) is 8.30. The van der Waals surface area contributed by atoms with Crippen molar-refractivity contribution in [3.63, 3.8) is 0 Å². The molecule has 2 aromatic heterocycles. The first-order valence-corrected chi connectivity index (χ1v) is 10.6. The standard InChI is InChI=1S/C19H21N5O3S/c1-15-4-6-16(7-5-15)14-28(25,26)23-9-10-24-19(12-23)18(21-22-24)13-27-17-3-2-8-20-11-17/h2-8,11H,9-10,12-14H2,1H3. The summed E-state index contributed by atoms with van der Waals surface area (Å²) in [5.74, 6) is 0.611. The number of ether oxygens (including phenoxy) is 1. The minimum absolute atomic E-state index is 0.0175. The molecule has 0 unspecified atom stereocenters. The first-order valence-electron chi connectivity index (χ1n) is 8.99. The van der Waals surface area contributed by atoms with Crippen LogP contribution < -0.4 is 4.74 Å². The Bertz CT molecular complexity index is 1050. The number of fused-ring (bicyclic) bond motifs is 1. The van der Waals surface area contributed by atoms with Crippen LogP contribution in [0.25, 0.3) is 0 Å². The van der Waals surface area contributed by atoms with E-state index in [9.17, 15) is 8.42 Å². The van der Waals surface area contributed by atoms with Gasteiger partial charge in [0.2, 0.25) is 10.0 Å². The summed E-state index contributed by atoms with van der Waals surface area (Å²) in [6.07, 6.45) is 3.29. The monoisotopic (exact) mass is 399 g/mol. The van der Waals surface area contributed by atoms with Crippen LogP contribution in [0, 0.1) is 6.92 Å². The largest absolute Gasteiger partial charge is 0.486 e. The molecule has 0 saturated heterocycles. The molecule has 1 aliphatic heterocycles. The van der Waals surface area contributed by atoms with E-state index in [0.717, 1.165) is 16.8 Å². The Balaban J connectivity index is 1.47. The minimum Gasteiger partial charge on any atom is -0.486 e. The molecule has 4 rings (SSSR count). The highest BCUT2D eigenvalue weighted by Gasteiger charge is 2.30. The van der Waals surface area contributed by atoms with Crippen LogP contribution in [0.15, 0.2) is 48.8 Å². The molecule has 3 aromatic rings. The predicted octanol–water partition coefficient (Wildman–Crippen LogP) is 1.91. The zero-order valence-electron chi connectivity index (χ0n) is 15.5. The minimum atomic E-state index is -3.44. The molecule has 0 fully saturated rings. The zero-order valence-corrected chi connectivity index (χ0v) is 16.3. The maximum Gasteiger partial charge on any atom is 0.218 e. The lowest BCUT2D eigenvalue weighted by Gasteiger charge is -2.27. The van der Waals surface area contributed by atoms with E-state index < -0.39 is 10.0 Å². The normalized spacial score (nSPS) is 14.6. The topological polar surface area (TPSA) is 90.2 Å². The van der Waals surface area contributed by atoms with Gasteiger partial charge in [0.25, 0.3) is 0 Å². The molecule has 9 heteroatoms. The lowest BCUT2D eigenvalue weighted by atomic mass is 10.2. The number of hydrogen-bond donors (Lipinski definition) is 0. The smallest absolute Gasteiger partial charge is 0.218 e. The molecule has 0 aliphatic carbocycles. The Morgan fingerprint density at radius 2 is 1.96 bits per heavy atom. The van der Waals surface area contributed by atoms with E-state index in [0.29, 0.717) is 24.5 Å². The van der Waals surface area contributed by atoms with Gasteiger partial charge >= 0.3 is 0 Å². The fourth-order valence-corrected chi connectivity index (χ4v) is 4.57. The maximum absolute atomic E-state index is 12.9. The van der Waals surface area contributed by atoms with Gasteiger partial charge in [-0.15, -0.1) is 5.10 Å². The third kappa shape index (κ3) is 4.05. The number of aromatic nitrogens is 4. The molecule has 8 nitrogen and oxygen atoms in total. The van der Waals surface area contributed by atoms with E-state index in [1.54, 1.807) is 29.2 Å². The fraction of sp³-hybridized carbons (Fsp3) is 0.316. The molecule has 28 heavy (non-hydrogen) atoms. The molecule has 0 bridgehead atoms. The highest BCUT2D eigenvalue weighted by atomic mass is 32.2. The third-order valence-corrected chi connectivity index (χ3v) is 6.48. The van der Waals surface area contributed by atoms with Crippen LogP contribution in [0.3, 0.4) is 0 Å². The molecule has 0 radical (unpaired) electrons. The summed E-state index contributed by atoms with van der Waals surface area (Å²) in [5.41, 5.74) is 3.29. The van der Waals surface area contributed by atoms with E-state index in [1.807, 2.05) is 31.2 Å². The van der Waals surface area contributed by atoms with Crippen molar-refractivity contribution in [1.82, 2.24) is 24.3 Å². The number of sulfonamides is 1. The molecule has 0 N–H and O–H groups in total. The van der Waals surface area contributed by atoms with Crippen LogP contribution in [0.4, 0.5) is 0 Å². The van der Waals surface area contributed by atoms with Crippen molar-refractivity contribution in [2.24, 2.45) is 0 Å². The number of benzene rings is 1. The van der Waals surface area contributed by atoms with Gasteiger partial charge in [-0.2, -0.15) is 4.31 Å². The van der Waals surface area contributed by atoms with Crippen molar-refractivity contribution < 1.29 is 13.2 Å². The van der Waals surface area contributed by atoms with Crippen LogP contribution in [0.2, 0.25) is 0 Å². The Labute approximate surface area is 163 Å². The summed E-state index contributed by atoms with van der Waals surface area (Å²) in [4.78, 5) is 4.01. The zero-order chi connectivity index (χ0) is 19.6. The lowest BCUT2D eigenvalue weighted by Crippen LogP contribution is -2.39. The average molecular weight is 399 g/mol. The lowest BCUT2D eigenvalue weighted by molar-refractivity contribution is 0.290.